The van der Waals surface area contributed by atoms with Crippen LogP contribution in [0.25, 0.3) is 10.8 Å². The molecule has 0 unspecified atom stereocenters. The third-order valence-corrected chi connectivity index (χ3v) is 4.89. The van der Waals surface area contributed by atoms with Gasteiger partial charge in [-0.15, -0.1) is 0 Å². The van der Waals surface area contributed by atoms with Gasteiger partial charge in [-0.05, 0) is 24.3 Å². The highest BCUT2D eigenvalue weighted by Crippen LogP contribution is 2.15. The zero-order chi connectivity index (χ0) is 21.8. The van der Waals surface area contributed by atoms with Gasteiger partial charge in [0.05, 0.1) is 17.3 Å². The summed E-state index contributed by atoms with van der Waals surface area (Å²) in [6, 6.07) is 22.1. The number of anilines is 1. The monoisotopic (exact) mass is 413 g/mol. The molecule has 0 aliphatic carbocycles. The number of fused-ring (bicyclic) bond motifs is 1. The number of aromatic nitrogens is 2. The highest BCUT2D eigenvalue weighted by atomic mass is 16.2. The smallest absolute Gasteiger partial charge is 0.273 e. The molecule has 7 nitrogen and oxygen atoms in total. The van der Waals surface area contributed by atoms with Gasteiger partial charge in [-0.3, -0.25) is 24.3 Å². The normalized spacial score (nSPS) is 10.7. The second-order valence-electron chi connectivity index (χ2n) is 7.02. The van der Waals surface area contributed by atoms with Gasteiger partial charge in [0.2, 0.25) is 5.91 Å². The second-order valence-corrected chi connectivity index (χ2v) is 7.02. The molecule has 0 spiro atoms. The molecule has 0 aliphatic heterocycles. The lowest BCUT2D eigenvalue weighted by atomic mass is 10.0. The van der Waals surface area contributed by atoms with Gasteiger partial charge in [0.15, 0.2) is 5.78 Å². The molecule has 0 aliphatic rings. The molecule has 2 N–H and O–H groups in total. The molecule has 0 radical (unpaired) electrons. The first-order valence-electron chi connectivity index (χ1n) is 9.74. The molecule has 7 heteroatoms. The predicted molar refractivity (Wildman–Crippen MR) is 118 cm³/mol. The van der Waals surface area contributed by atoms with Gasteiger partial charge >= 0.3 is 0 Å². The Morgan fingerprint density at radius 3 is 2.26 bits per heavy atom. The SMILES string of the molecule is O=C(CCn1[nH]c(=O)c2ccccc2c1=O)Nc1cccc(C(=O)c2ccccc2)c1. The molecule has 0 saturated carbocycles. The molecule has 154 valence electrons. The van der Waals surface area contributed by atoms with E-state index in [1.165, 1.54) is 0 Å². The lowest BCUT2D eigenvalue weighted by Crippen LogP contribution is -2.31. The molecule has 0 atom stereocenters. The van der Waals surface area contributed by atoms with Crippen molar-refractivity contribution in [1.82, 2.24) is 9.78 Å². The van der Waals surface area contributed by atoms with Crippen LogP contribution in [0, 0.1) is 0 Å². The zero-order valence-corrected chi connectivity index (χ0v) is 16.5. The fourth-order valence-corrected chi connectivity index (χ4v) is 3.34. The Balaban J connectivity index is 1.46. The van der Waals surface area contributed by atoms with Crippen molar-refractivity contribution in [1.29, 1.82) is 0 Å². The number of amides is 1. The standard InChI is InChI=1S/C24H19N3O4/c28-21(13-14-27-24(31)20-12-5-4-11-19(20)23(30)26-27)25-18-10-6-9-17(15-18)22(29)16-7-2-1-3-8-16/h1-12,15H,13-14H2,(H,25,28)(H,26,30). The minimum Gasteiger partial charge on any atom is -0.326 e. The summed E-state index contributed by atoms with van der Waals surface area (Å²) >= 11 is 0. The first-order valence-corrected chi connectivity index (χ1v) is 9.74. The fraction of sp³-hybridized carbons (Fsp3) is 0.0833. The molecule has 0 saturated heterocycles. The largest absolute Gasteiger partial charge is 0.326 e. The van der Waals surface area contributed by atoms with E-state index < -0.39 is 0 Å². The average Bonchev–Trinajstić information content (AvgIpc) is 2.81. The molecule has 1 heterocycles. The maximum atomic E-state index is 12.6. The summed E-state index contributed by atoms with van der Waals surface area (Å²) in [5.74, 6) is -0.484. The van der Waals surface area contributed by atoms with Crippen LogP contribution in [0.3, 0.4) is 0 Å². The van der Waals surface area contributed by atoms with E-state index in [2.05, 4.69) is 10.4 Å². The first-order chi connectivity index (χ1) is 15.0. The second kappa shape index (κ2) is 8.62. The Kier molecular flexibility index (Phi) is 5.57. The van der Waals surface area contributed by atoms with E-state index >= 15 is 0 Å². The Morgan fingerprint density at radius 1 is 0.806 bits per heavy atom. The molecule has 1 amide bonds. The van der Waals surface area contributed by atoms with Gasteiger partial charge in [0.25, 0.3) is 11.1 Å². The van der Waals surface area contributed by atoms with Crippen molar-refractivity contribution in [2.75, 3.05) is 5.32 Å². The Labute approximate surface area is 177 Å². The highest BCUT2D eigenvalue weighted by molar-refractivity contribution is 6.09. The molecule has 0 fully saturated rings. The number of ketones is 1. The van der Waals surface area contributed by atoms with Crippen molar-refractivity contribution in [2.24, 2.45) is 0 Å². The van der Waals surface area contributed by atoms with E-state index in [0.717, 1.165) is 4.68 Å². The fourth-order valence-electron chi connectivity index (χ4n) is 3.34. The van der Waals surface area contributed by atoms with Crippen LogP contribution in [0.4, 0.5) is 5.69 Å². The summed E-state index contributed by atoms with van der Waals surface area (Å²) in [4.78, 5) is 49.7. The number of nitrogens with one attached hydrogen (secondary N) is 2. The van der Waals surface area contributed by atoms with E-state index in [9.17, 15) is 19.2 Å². The number of carbonyl (C=O) groups excluding carboxylic acids is 2. The lowest BCUT2D eigenvalue weighted by molar-refractivity contribution is -0.116. The highest BCUT2D eigenvalue weighted by Gasteiger charge is 2.11. The number of benzene rings is 3. The van der Waals surface area contributed by atoms with Gasteiger partial charge in [-0.2, -0.15) is 0 Å². The Bertz CT molecular complexity index is 1390. The van der Waals surface area contributed by atoms with Crippen molar-refractivity contribution < 1.29 is 9.59 Å². The third-order valence-electron chi connectivity index (χ3n) is 4.89. The quantitative estimate of drug-likeness (QED) is 0.475. The van der Waals surface area contributed by atoms with Crippen LogP contribution < -0.4 is 16.4 Å². The number of aromatic amines is 1. The molecule has 0 bridgehead atoms. The number of hydrogen-bond donors (Lipinski definition) is 2. The first kappa shape index (κ1) is 20.0. The van der Waals surface area contributed by atoms with Crippen LogP contribution in [-0.4, -0.2) is 21.5 Å². The molecule has 31 heavy (non-hydrogen) atoms. The van der Waals surface area contributed by atoms with Gasteiger partial charge in [0.1, 0.15) is 0 Å². The number of rotatable bonds is 6. The van der Waals surface area contributed by atoms with Crippen LogP contribution in [0.1, 0.15) is 22.3 Å². The van der Waals surface area contributed by atoms with E-state index in [1.807, 2.05) is 6.07 Å². The van der Waals surface area contributed by atoms with Crippen LogP contribution in [0.15, 0.2) is 88.5 Å². The summed E-state index contributed by atoms with van der Waals surface area (Å²) < 4.78 is 1.14. The number of nitrogens with zero attached hydrogens (tertiary/aromatic N) is 1. The van der Waals surface area contributed by atoms with Gasteiger partial charge in [-0.1, -0.05) is 54.6 Å². The third kappa shape index (κ3) is 4.35. The number of hydrogen-bond acceptors (Lipinski definition) is 4. The predicted octanol–water partition coefficient (Wildman–Crippen LogP) is 2.95. The molecule has 4 aromatic rings. The van der Waals surface area contributed by atoms with Crippen LogP contribution in [0.2, 0.25) is 0 Å². The topological polar surface area (TPSA) is 101 Å². The molecular formula is C24H19N3O4. The van der Waals surface area contributed by atoms with Crippen molar-refractivity contribution >= 4 is 28.2 Å². The number of aryl methyl sites for hydroxylation is 1. The minimum absolute atomic E-state index is 0.0212. The van der Waals surface area contributed by atoms with Crippen LogP contribution >= 0.6 is 0 Å². The minimum atomic E-state index is -0.386. The summed E-state index contributed by atoms with van der Waals surface area (Å²) in [6.07, 6.45) is -0.0228. The molecule has 1 aromatic heterocycles. The molecular weight excluding hydrogens is 394 g/mol. The maximum absolute atomic E-state index is 12.6. The summed E-state index contributed by atoms with van der Waals surface area (Å²) in [6.45, 7) is 0.0212. The zero-order valence-electron chi connectivity index (χ0n) is 16.5. The Hall–Kier alpha value is -4.26. The van der Waals surface area contributed by atoms with Crippen molar-refractivity contribution in [3.8, 4) is 0 Å². The van der Waals surface area contributed by atoms with Crippen molar-refractivity contribution in [2.45, 2.75) is 13.0 Å². The van der Waals surface area contributed by atoms with Crippen LogP contribution in [0.5, 0.6) is 0 Å². The Morgan fingerprint density at radius 2 is 1.48 bits per heavy atom. The summed E-state index contributed by atoms with van der Waals surface area (Å²) in [5, 5.41) is 5.85. The van der Waals surface area contributed by atoms with E-state index in [-0.39, 0.29) is 35.8 Å². The molecule has 3 aromatic carbocycles. The van der Waals surface area contributed by atoms with Crippen LogP contribution in [-0.2, 0) is 11.3 Å². The number of H-pyrrole nitrogens is 1. The molecule has 4 rings (SSSR count). The van der Waals surface area contributed by atoms with Gasteiger partial charge < -0.3 is 5.32 Å². The lowest BCUT2D eigenvalue weighted by Gasteiger charge is -2.09. The summed E-state index contributed by atoms with van der Waals surface area (Å²) in [5.41, 5.74) is 0.747. The van der Waals surface area contributed by atoms with Crippen molar-refractivity contribution in [3.63, 3.8) is 0 Å². The van der Waals surface area contributed by atoms with Crippen molar-refractivity contribution in [3.05, 3.63) is 111 Å². The van der Waals surface area contributed by atoms with E-state index in [4.69, 9.17) is 0 Å². The summed E-state index contributed by atoms with van der Waals surface area (Å²) in [7, 11) is 0. The maximum Gasteiger partial charge on any atom is 0.273 e. The average molecular weight is 413 g/mol. The van der Waals surface area contributed by atoms with Gasteiger partial charge in [0, 0.05) is 23.2 Å². The number of carbonyl (C=O) groups is 2. The van der Waals surface area contributed by atoms with E-state index in [1.54, 1.807) is 72.8 Å². The van der Waals surface area contributed by atoms with E-state index in [0.29, 0.717) is 27.6 Å². The van der Waals surface area contributed by atoms with Gasteiger partial charge in [-0.25, -0.2) is 4.68 Å².